The van der Waals surface area contributed by atoms with Crippen molar-refractivity contribution in [2.24, 2.45) is 5.10 Å². The Morgan fingerprint density at radius 1 is 0.886 bits per heavy atom. The van der Waals surface area contributed by atoms with E-state index in [4.69, 9.17) is 26.2 Å². The minimum absolute atomic E-state index is 0.0166. The van der Waals surface area contributed by atoms with Crippen molar-refractivity contribution < 1.29 is 42.1 Å². The molecule has 0 atom stereocenters. The summed E-state index contributed by atoms with van der Waals surface area (Å²) in [6.07, 6.45) is -1.93. The molecule has 3 aromatic carbocycles. The van der Waals surface area contributed by atoms with Gasteiger partial charge in [-0.05, 0) is 78.4 Å². The van der Waals surface area contributed by atoms with Crippen LogP contribution >= 0.6 is 11.6 Å². The second-order valence-electron chi connectivity index (χ2n) is 8.73. The predicted molar refractivity (Wildman–Crippen MR) is 154 cm³/mol. The van der Waals surface area contributed by atoms with Crippen molar-refractivity contribution in [3.8, 4) is 17.2 Å². The highest BCUT2D eigenvalue weighted by atomic mass is 35.5. The van der Waals surface area contributed by atoms with Crippen molar-refractivity contribution in [3.05, 3.63) is 107 Å². The Balaban J connectivity index is 1.29. The lowest BCUT2D eigenvalue weighted by Gasteiger charge is -2.12. The van der Waals surface area contributed by atoms with Gasteiger partial charge in [-0.1, -0.05) is 11.6 Å². The lowest BCUT2D eigenvalue weighted by atomic mass is 10.2. The van der Waals surface area contributed by atoms with E-state index in [2.05, 4.69) is 26.1 Å². The van der Waals surface area contributed by atoms with Gasteiger partial charge in [-0.2, -0.15) is 18.3 Å². The number of carboxylic acid groups (broad SMARTS) is 1. The average molecular weight is 628 g/mol. The van der Waals surface area contributed by atoms with E-state index in [1.54, 1.807) is 24.3 Å². The Labute approximate surface area is 252 Å². The molecule has 11 nitrogen and oxygen atoms in total. The van der Waals surface area contributed by atoms with Crippen LogP contribution in [-0.2, 0) is 11.0 Å². The second-order valence-corrected chi connectivity index (χ2v) is 9.13. The summed E-state index contributed by atoms with van der Waals surface area (Å²) in [5.74, 6) is -0.697. The van der Waals surface area contributed by atoms with Crippen molar-refractivity contribution in [1.82, 2.24) is 10.4 Å². The van der Waals surface area contributed by atoms with Gasteiger partial charge in [0.2, 0.25) is 0 Å². The van der Waals surface area contributed by atoms with Gasteiger partial charge in [-0.25, -0.2) is 15.0 Å². The summed E-state index contributed by atoms with van der Waals surface area (Å²) < 4.78 is 50.0. The Bertz CT molecular complexity index is 1680. The zero-order valence-corrected chi connectivity index (χ0v) is 23.0. The summed E-state index contributed by atoms with van der Waals surface area (Å²) in [6.45, 7) is -0.466. The van der Waals surface area contributed by atoms with Crippen LogP contribution < -0.4 is 25.5 Å². The first kappa shape index (κ1) is 31.3. The molecular formula is C29H21ClF3N5O6. The van der Waals surface area contributed by atoms with Crippen molar-refractivity contribution in [3.63, 3.8) is 0 Å². The molecule has 4 rings (SSSR count). The number of aliphatic carboxylic acids is 1. The third kappa shape index (κ3) is 9.19. The van der Waals surface area contributed by atoms with E-state index < -0.39 is 41.3 Å². The highest BCUT2D eigenvalue weighted by Crippen LogP contribution is 2.36. The summed E-state index contributed by atoms with van der Waals surface area (Å²) >= 11 is 5.60. The van der Waals surface area contributed by atoms with Crippen molar-refractivity contribution >= 4 is 47.1 Å². The molecule has 1 aromatic heterocycles. The van der Waals surface area contributed by atoms with E-state index in [1.807, 2.05) is 0 Å². The van der Waals surface area contributed by atoms with Gasteiger partial charge in [0.1, 0.15) is 22.9 Å². The number of hydrogen-bond acceptors (Lipinski definition) is 7. The Kier molecular flexibility index (Phi) is 9.98. The van der Waals surface area contributed by atoms with Gasteiger partial charge in [0, 0.05) is 23.6 Å². The number of urea groups is 1. The number of carboxylic acids is 1. The SMILES string of the molecule is O=C(O)COc1ccc(/C=N/NC(=O)c2cc(Oc3ccc(NC(=O)Nc4ccc(Cl)c(C(F)(F)F)c4)cc3)ccn2)cc1. The Hall–Kier alpha value is -5.63. The number of alkyl halides is 3. The summed E-state index contributed by atoms with van der Waals surface area (Å²) in [5.41, 5.74) is 2.14. The first-order valence-electron chi connectivity index (χ1n) is 12.4. The number of benzene rings is 3. The number of hydrazone groups is 1. The quantitative estimate of drug-likeness (QED) is 0.117. The number of rotatable bonds is 10. The summed E-state index contributed by atoms with van der Waals surface area (Å²) in [5, 5.41) is 16.9. The Morgan fingerprint density at radius 2 is 1.55 bits per heavy atom. The highest BCUT2D eigenvalue weighted by molar-refractivity contribution is 6.31. The van der Waals surface area contributed by atoms with Crippen LogP contribution in [0, 0.1) is 0 Å². The zero-order chi connectivity index (χ0) is 31.7. The second kappa shape index (κ2) is 14.0. The number of aromatic nitrogens is 1. The molecule has 0 aliphatic heterocycles. The van der Waals surface area contributed by atoms with Gasteiger partial charge in [-0.15, -0.1) is 0 Å². The molecule has 0 radical (unpaired) electrons. The molecule has 0 aliphatic rings. The maximum atomic E-state index is 13.1. The van der Waals surface area contributed by atoms with E-state index in [1.165, 1.54) is 54.9 Å². The number of amides is 3. The molecule has 0 unspecified atom stereocenters. The number of nitrogens with zero attached hydrogens (tertiary/aromatic N) is 2. The van der Waals surface area contributed by atoms with Gasteiger partial charge >= 0.3 is 18.2 Å². The largest absolute Gasteiger partial charge is 0.482 e. The summed E-state index contributed by atoms with van der Waals surface area (Å²) in [4.78, 5) is 39.3. The van der Waals surface area contributed by atoms with Crippen molar-refractivity contribution in [2.45, 2.75) is 6.18 Å². The molecular weight excluding hydrogens is 607 g/mol. The molecule has 226 valence electrons. The number of anilines is 2. The lowest BCUT2D eigenvalue weighted by Crippen LogP contribution is -2.19. The van der Waals surface area contributed by atoms with Gasteiger partial charge in [0.05, 0.1) is 16.8 Å². The van der Waals surface area contributed by atoms with Crippen LogP contribution in [0.4, 0.5) is 29.3 Å². The fourth-order valence-corrected chi connectivity index (χ4v) is 3.70. The third-order valence-electron chi connectivity index (χ3n) is 5.46. The molecule has 0 bridgehead atoms. The predicted octanol–water partition coefficient (Wildman–Crippen LogP) is 6.42. The van der Waals surface area contributed by atoms with E-state index in [-0.39, 0.29) is 17.1 Å². The molecule has 4 N–H and O–H groups in total. The van der Waals surface area contributed by atoms with E-state index in [9.17, 15) is 27.6 Å². The lowest BCUT2D eigenvalue weighted by molar-refractivity contribution is -0.139. The molecule has 4 aromatic rings. The van der Waals surface area contributed by atoms with Crippen LogP contribution in [0.3, 0.4) is 0 Å². The minimum atomic E-state index is -4.67. The number of halogens is 4. The van der Waals surface area contributed by atoms with E-state index in [0.29, 0.717) is 22.7 Å². The molecule has 0 aliphatic carbocycles. The zero-order valence-electron chi connectivity index (χ0n) is 22.3. The maximum absolute atomic E-state index is 13.1. The van der Waals surface area contributed by atoms with Crippen LogP contribution in [0.1, 0.15) is 21.6 Å². The van der Waals surface area contributed by atoms with Crippen LogP contribution in [0.15, 0.2) is 90.2 Å². The summed E-state index contributed by atoms with van der Waals surface area (Å²) in [7, 11) is 0. The fraction of sp³-hybridized carbons (Fsp3) is 0.0690. The first-order chi connectivity index (χ1) is 21.0. The maximum Gasteiger partial charge on any atom is 0.417 e. The van der Waals surface area contributed by atoms with Crippen LogP contribution in [0.5, 0.6) is 17.2 Å². The number of hydrogen-bond donors (Lipinski definition) is 4. The number of carbonyl (C=O) groups is 3. The van der Waals surface area contributed by atoms with Crippen molar-refractivity contribution in [2.75, 3.05) is 17.2 Å². The van der Waals surface area contributed by atoms with Gasteiger partial charge in [0.25, 0.3) is 5.91 Å². The summed E-state index contributed by atoms with van der Waals surface area (Å²) in [6, 6.07) is 17.6. The van der Waals surface area contributed by atoms with Crippen LogP contribution in [0.25, 0.3) is 0 Å². The Morgan fingerprint density at radius 3 is 2.23 bits per heavy atom. The standard InChI is InChI=1S/C29H21ClF3N5O6/c30-24-10-5-19(13-23(24)29(31,32)33)37-28(42)36-18-3-8-21(9-4-18)44-22-11-12-34-25(14-22)27(41)38-35-15-17-1-6-20(7-2-17)43-16-26(39)40/h1-15H,16H2,(H,38,41)(H,39,40)(H2,36,37,42)/b35-15+. The third-order valence-corrected chi connectivity index (χ3v) is 5.79. The molecule has 15 heteroatoms. The number of ether oxygens (including phenoxy) is 2. The van der Waals surface area contributed by atoms with E-state index >= 15 is 0 Å². The molecule has 3 amide bonds. The molecule has 0 spiro atoms. The normalized spacial score (nSPS) is 11.1. The average Bonchev–Trinajstić information content (AvgIpc) is 2.98. The number of nitrogens with one attached hydrogen (secondary N) is 3. The number of pyridine rings is 1. The van der Waals surface area contributed by atoms with Crippen LogP contribution in [-0.4, -0.2) is 40.8 Å². The number of carbonyl (C=O) groups excluding carboxylic acids is 2. The van der Waals surface area contributed by atoms with Crippen LogP contribution in [0.2, 0.25) is 5.02 Å². The van der Waals surface area contributed by atoms with Gasteiger partial charge < -0.3 is 25.2 Å². The van der Waals surface area contributed by atoms with Gasteiger partial charge in [-0.3, -0.25) is 9.78 Å². The first-order valence-corrected chi connectivity index (χ1v) is 12.8. The molecule has 0 saturated heterocycles. The monoisotopic (exact) mass is 627 g/mol. The minimum Gasteiger partial charge on any atom is -0.482 e. The highest BCUT2D eigenvalue weighted by Gasteiger charge is 2.33. The topological polar surface area (TPSA) is 151 Å². The van der Waals surface area contributed by atoms with Gasteiger partial charge in [0.15, 0.2) is 6.61 Å². The smallest absolute Gasteiger partial charge is 0.417 e. The molecule has 0 fully saturated rings. The van der Waals surface area contributed by atoms with Crippen molar-refractivity contribution in [1.29, 1.82) is 0 Å². The molecule has 1 heterocycles. The fourth-order valence-electron chi connectivity index (χ4n) is 3.47. The molecule has 0 saturated carbocycles. The van der Waals surface area contributed by atoms with E-state index in [0.717, 1.165) is 12.1 Å². The molecule has 44 heavy (non-hydrogen) atoms.